The minimum Gasteiger partial charge on any atom is -0.679 e. The van der Waals surface area contributed by atoms with Crippen molar-refractivity contribution < 1.29 is 30.9 Å². The van der Waals surface area contributed by atoms with Crippen LogP contribution in [0.2, 0.25) is 0 Å². The molecule has 4 nitrogen and oxygen atoms in total. The van der Waals surface area contributed by atoms with E-state index in [9.17, 15) is 5.11 Å². The van der Waals surface area contributed by atoms with Crippen LogP contribution < -0.4 is 0 Å². The van der Waals surface area contributed by atoms with Crippen LogP contribution in [0.15, 0.2) is 121 Å². The minimum atomic E-state index is 0. The zero-order valence-electron chi connectivity index (χ0n) is 28.2. The molecule has 5 heteroatoms. The molecule has 0 radical (unpaired) electrons. The number of fused-ring (bicyclic) bond motifs is 3. The maximum atomic E-state index is 12.1. The van der Waals surface area contributed by atoms with E-state index in [2.05, 4.69) is 136 Å². The molecule has 0 aliphatic rings. The standard InChI is InChI=1S/C43H40N3O.Hf/c1-27(2)31-19-13-20-32(28(3)4)42(31)44-26-30-14-12-21-38(45-30)34-16-7-6-15-33(34)37-24-29(5)25-41(43(37)47)46-39-22-10-8-17-35(39)36-18-9-11-23-40(36)46;/h6-25,27-28H,26H2,1-5H3,(H,45,47);/q-1;. The van der Waals surface area contributed by atoms with Crippen molar-refractivity contribution in [2.24, 2.45) is 0 Å². The van der Waals surface area contributed by atoms with E-state index in [-0.39, 0.29) is 31.6 Å². The molecule has 0 aliphatic carbocycles. The first-order valence-corrected chi connectivity index (χ1v) is 16.5. The van der Waals surface area contributed by atoms with E-state index in [0.29, 0.717) is 18.4 Å². The van der Waals surface area contributed by atoms with Gasteiger partial charge < -0.3 is 15.0 Å². The smallest absolute Gasteiger partial charge is 0.147 e. The van der Waals surface area contributed by atoms with Crippen molar-refractivity contribution in [2.75, 3.05) is 0 Å². The molecule has 0 amide bonds. The summed E-state index contributed by atoms with van der Waals surface area (Å²) < 4.78 is 2.18. The van der Waals surface area contributed by atoms with Gasteiger partial charge in [-0.1, -0.05) is 130 Å². The number of phenols is 1. The summed E-state index contributed by atoms with van der Waals surface area (Å²) in [6.07, 6.45) is 0. The fourth-order valence-electron chi connectivity index (χ4n) is 6.83. The molecular weight excluding hydrogens is 753 g/mol. The van der Waals surface area contributed by atoms with Gasteiger partial charge >= 0.3 is 0 Å². The van der Waals surface area contributed by atoms with Gasteiger partial charge in [0.15, 0.2) is 0 Å². The number of hydrogen-bond donors (Lipinski definition) is 1. The summed E-state index contributed by atoms with van der Waals surface area (Å²) in [6, 6.07) is 41.8. The number of aromatic hydroxyl groups is 1. The molecule has 0 spiro atoms. The first-order chi connectivity index (χ1) is 22.8. The maximum Gasteiger partial charge on any atom is 0.147 e. The molecule has 5 aromatic carbocycles. The van der Waals surface area contributed by atoms with Crippen molar-refractivity contribution in [3.63, 3.8) is 0 Å². The summed E-state index contributed by atoms with van der Waals surface area (Å²) >= 11 is 0. The molecule has 2 heterocycles. The molecule has 48 heavy (non-hydrogen) atoms. The quantitative estimate of drug-likeness (QED) is 0.156. The van der Waals surface area contributed by atoms with E-state index in [1.807, 2.05) is 24.3 Å². The summed E-state index contributed by atoms with van der Waals surface area (Å²) in [4.78, 5) is 5.12. The number of para-hydroxylation sites is 3. The summed E-state index contributed by atoms with van der Waals surface area (Å²) in [5, 5.41) is 19.5. The SMILES string of the molecule is Cc1cc(-c2ccccc2-c2cccc(C[N-]c3c(C(C)C)cccc3C(C)C)n2)c(O)c(-n2c3ccccc3c3ccccc32)c1.[Hf]. The summed E-state index contributed by atoms with van der Waals surface area (Å²) in [6.45, 7) is 11.5. The van der Waals surface area contributed by atoms with Crippen LogP contribution in [0.4, 0.5) is 5.69 Å². The van der Waals surface area contributed by atoms with Crippen molar-refractivity contribution in [3.05, 3.63) is 149 Å². The van der Waals surface area contributed by atoms with Crippen LogP contribution >= 0.6 is 0 Å². The van der Waals surface area contributed by atoms with Crippen LogP contribution in [-0.4, -0.2) is 14.7 Å². The number of nitrogens with zero attached hydrogens (tertiary/aromatic N) is 3. The van der Waals surface area contributed by atoms with E-state index >= 15 is 0 Å². The number of hydrogen-bond acceptors (Lipinski definition) is 2. The Hall–Kier alpha value is -4.48. The third-order valence-corrected chi connectivity index (χ3v) is 9.10. The zero-order chi connectivity index (χ0) is 32.7. The van der Waals surface area contributed by atoms with Crippen molar-refractivity contribution in [3.8, 4) is 33.8 Å². The molecule has 0 atom stereocenters. The molecule has 0 fully saturated rings. The first kappa shape index (κ1) is 33.4. The summed E-state index contributed by atoms with van der Waals surface area (Å²) in [5.74, 6) is 1.01. The molecule has 0 aliphatic heterocycles. The molecule has 0 saturated heterocycles. The second-order valence-corrected chi connectivity index (χ2v) is 13.0. The Balaban J connectivity index is 0.00000401. The van der Waals surface area contributed by atoms with Crippen LogP contribution in [0.1, 0.15) is 61.9 Å². The van der Waals surface area contributed by atoms with Crippen molar-refractivity contribution >= 4 is 27.5 Å². The zero-order valence-corrected chi connectivity index (χ0v) is 31.8. The van der Waals surface area contributed by atoms with Gasteiger partial charge in [0.1, 0.15) is 5.75 Å². The second-order valence-electron chi connectivity index (χ2n) is 13.0. The van der Waals surface area contributed by atoms with Crippen molar-refractivity contribution in [1.82, 2.24) is 9.55 Å². The Morgan fingerprint density at radius 2 is 1.21 bits per heavy atom. The van der Waals surface area contributed by atoms with Crippen LogP contribution in [0.3, 0.4) is 0 Å². The largest absolute Gasteiger partial charge is 0.679 e. The van der Waals surface area contributed by atoms with Crippen molar-refractivity contribution in [1.29, 1.82) is 0 Å². The van der Waals surface area contributed by atoms with Gasteiger partial charge in [-0.2, -0.15) is 0 Å². The van der Waals surface area contributed by atoms with Crippen LogP contribution in [0, 0.1) is 6.92 Å². The third-order valence-electron chi connectivity index (χ3n) is 9.10. The van der Waals surface area contributed by atoms with Gasteiger partial charge in [-0.15, -0.1) is 5.69 Å². The molecule has 0 unspecified atom stereocenters. The third kappa shape index (κ3) is 6.12. The van der Waals surface area contributed by atoms with Crippen LogP contribution in [-0.2, 0) is 32.4 Å². The normalized spacial score (nSPS) is 11.4. The van der Waals surface area contributed by atoms with Gasteiger partial charge in [-0.05, 0) is 66.3 Å². The molecule has 1 N–H and O–H groups in total. The topological polar surface area (TPSA) is 52.1 Å². The number of aryl methyl sites for hydroxylation is 1. The maximum absolute atomic E-state index is 12.1. The van der Waals surface area contributed by atoms with Gasteiger partial charge in [0, 0.05) is 53.4 Å². The van der Waals surface area contributed by atoms with E-state index in [4.69, 9.17) is 10.3 Å². The van der Waals surface area contributed by atoms with E-state index in [0.717, 1.165) is 66.8 Å². The molecular formula is C43H40HfN3O-. The molecule has 7 rings (SSSR count). The predicted octanol–water partition coefficient (Wildman–Crippen LogP) is 12.0. The van der Waals surface area contributed by atoms with E-state index in [1.165, 1.54) is 11.1 Å². The Morgan fingerprint density at radius 3 is 1.83 bits per heavy atom. The van der Waals surface area contributed by atoms with Gasteiger partial charge in [0.2, 0.25) is 0 Å². The van der Waals surface area contributed by atoms with Crippen LogP contribution in [0.5, 0.6) is 5.75 Å². The molecule has 238 valence electrons. The summed E-state index contributed by atoms with van der Waals surface area (Å²) in [5.41, 5.74) is 12.0. The summed E-state index contributed by atoms with van der Waals surface area (Å²) in [7, 11) is 0. The predicted molar refractivity (Wildman–Crippen MR) is 197 cm³/mol. The average molecular weight is 793 g/mol. The Kier molecular flexibility index (Phi) is 9.70. The molecule has 7 aromatic rings. The van der Waals surface area contributed by atoms with E-state index < -0.39 is 0 Å². The van der Waals surface area contributed by atoms with Gasteiger partial charge in [0.05, 0.1) is 22.4 Å². The van der Waals surface area contributed by atoms with Crippen LogP contribution in [0.25, 0.3) is 55.2 Å². The number of aromatic nitrogens is 2. The average Bonchev–Trinajstić information content (AvgIpc) is 3.42. The number of pyridine rings is 1. The molecule has 0 bridgehead atoms. The molecule has 0 saturated carbocycles. The molecule has 2 aromatic heterocycles. The number of phenolic OH excluding ortho intramolecular Hbond substituents is 1. The Labute approximate surface area is 302 Å². The van der Waals surface area contributed by atoms with Gasteiger partial charge in [-0.25, -0.2) is 0 Å². The Morgan fingerprint density at radius 1 is 0.646 bits per heavy atom. The first-order valence-electron chi connectivity index (χ1n) is 16.5. The fraction of sp³-hybridized carbons (Fsp3) is 0.186. The van der Waals surface area contributed by atoms with Gasteiger partial charge in [-0.3, -0.25) is 4.98 Å². The van der Waals surface area contributed by atoms with E-state index in [1.54, 1.807) is 0 Å². The van der Waals surface area contributed by atoms with Crippen molar-refractivity contribution in [2.45, 2.75) is 53.0 Å². The number of rotatable bonds is 8. The minimum absolute atomic E-state index is 0. The fourth-order valence-corrected chi connectivity index (χ4v) is 6.83. The van der Waals surface area contributed by atoms with Gasteiger partial charge in [0.25, 0.3) is 0 Å². The number of benzene rings is 5. The Bertz CT molecular complexity index is 2170. The monoisotopic (exact) mass is 794 g/mol. The second kappa shape index (κ2) is 13.9.